The molecular formula is C25H28F3N9O4S2. The Labute approximate surface area is 248 Å². The predicted molar refractivity (Wildman–Crippen MR) is 153 cm³/mol. The molecule has 0 radical (unpaired) electrons. The summed E-state index contributed by atoms with van der Waals surface area (Å²) >= 11 is 0.870. The van der Waals surface area contributed by atoms with Crippen LogP contribution in [0, 0.1) is 6.92 Å². The van der Waals surface area contributed by atoms with E-state index in [9.17, 15) is 26.4 Å². The van der Waals surface area contributed by atoms with Crippen molar-refractivity contribution in [2.45, 2.75) is 30.3 Å². The molecule has 0 spiro atoms. The molecule has 5 rings (SSSR count). The smallest absolute Gasteiger partial charge is 0.433 e. The maximum atomic E-state index is 13.5. The Hall–Kier alpha value is -3.87. The Kier molecular flexibility index (Phi) is 8.55. The molecule has 0 saturated carbocycles. The van der Waals surface area contributed by atoms with Gasteiger partial charge in [0.2, 0.25) is 0 Å². The fourth-order valence-corrected chi connectivity index (χ4v) is 7.83. The number of anilines is 2. The number of H-pyrrole nitrogens is 1. The molecule has 4 heterocycles. The number of piperazine rings is 1. The number of para-hydroxylation sites is 1. The number of alkyl halides is 3. The van der Waals surface area contributed by atoms with Crippen LogP contribution < -0.4 is 10.6 Å². The Morgan fingerprint density at radius 2 is 1.93 bits per heavy atom. The number of carbonyl (C=O) groups is 1. The molecule has 4 aromatic rings. The van der Waals surface area contributed by atoms with Gasteiger partial charge in [0, 0.05) is 55.3 Å². The summed E-state index contributed by atoms with van der Waals surface area (Å²) in [5, 5.41) is 12.0. The van der Waals surface area contributed by atoms with E-state index in [1.807, 2.05) is 12.0 Å². The number of nitrogens with zero attached hydrogens (tertiary/aromatic N) is 6. The van der Waals surface area contributed by atoms with Crippen molar-refractivity contribution < 1.29 is 31.1 Å². The second-order valence-corrected chi connectivity index (χ2v) is 13.0. The van der Waals surface area contributed by atoms with Gasteiger partial charge in [-0.25, -0.2) is 28.2 Å². The van der Waals surface area contributed by atoms with Crippen molar-refractivity contribution in [3.8, 4) is 11.1 Å². The summed E-state index contributed by atoms with van der Waals surface area (Å²) in [5.41, 5.74) is -0.140. The van der Waals surface area contributed by atoms with E-state index in [0.717, 1.165) is 17.5 Å². The Balaban J connectivity index is 1.24. The molecule has 13 nitrogen and oxygen atoms in total. The minimum absolute atomic E-state index is 0.0650. The van der Waals surface area contributed by atoms with Crippen molar-refractivity contribution in [3.05, 3.63) is 42.1 Å². The van der Waals surface area contributed by atoms with Gasteiger partial charge in [-0.1, -0.05) is 23.5 Å². The van der Waals surface area contributed by atoms with E-state index in [0.29, 0.717) is 42.0 Å². The van der Waals surface area contributed by atoms with Crippen LogP contribution in [0.5, 0.6) is 0 Å². The lowest BCUT2D eigenvalue weighted by atomic mass is 10.0. The first kappa shape index (κ1) is 30.6. The maximum Gasteiger partial charge on any atom is 0.433 e. The van der Waals surface area contributed by atoms with E-state index < -0.39 is 28.0 Å². The van der Waals surface area contributed by atoms with Crippen LogP contribution in [0.25, 0.3) is 22.0 Å². The lowest BCUT2D eigenvalue weighted by molar-refractivity contribution is -0.140. The highest BCUT2D eigenvalue weighted by Crippen LogP contribution is 2.38. The van der Waals surface area contributed by atoms with E-state index in [-0.39, 0.29) is 39.6 Å². The summed E-state index contributed by atoms with van der Waals surface area (Å²) < 4.78 is 73.1. The highest BCUT2D eigenvalue weighted by Gasteiger charge is 2.36. The zero-order valence-corrected chi connectivity index (χ0v) is 24.9. The number of methoxy groups -OCH3 is 1. The number of rotatable bonds is 8. The average Bonchev–Trinajstić information content (AvgIpc) is 3.60. The van der Waals surface area contributed by atoms with Gasteiger partial charge in [-0.3, -0.25) is 15.3 Å². The molecule has 1 atom stereocenters. The number of aromatic amines is 1. The second kappa shape index (κ2) is 12.0. The Morgan fingerprint density at radius 1 is 1.19 bits per heavy atom. The fraction of sp³-hybridized carbons (Fsp3) is 0.400. The number of amides is 1. The number of hydrogen-bond acceptors (Lipinski definition) is 11. The summed E-state index contributed by atoms with van der Waals surface area (Å²) in [4.78, 5) is 26.3. The standard InChI is InChI=1S/C25H28F3N9O4S2/c1-14(12-36-7-9-37(10-8-36)43(39,40)22-15(2)33-23(42-22)34-24(38)41-3)32-21-17-6-4-5-16(19(17)29-13-30-21)18-11-31-35-20(18)25(26,27)28/h4-6,11,13-14H,7-10,12H2,1-3H3,(H,31,35)(H,29,30,32)(H,33,34,38). The molecular weight excluding hydrogens is 611 g/mol. The molecule has 0 aliphatic carbocycles. The maximum absolute atomic E-state index is 13.5. The molecule has 1 aromatic carbocycles. The Morgan fingerprint density at radius 3 is 2.63 bits per heavy atom. The first-order chi connectivity index (χ1) is 20.4. The third-order valence-corrected chi connectivity index (χ3v) is 10.4. The normalized spacial score (nSPS) is 15.9. The van der Waals surface area contributed by atoms with Gasteiger partial charge in [-0.15, -0.1) is 0 Å². The third kappa shape index (κ3) is 6.41. The van der Waals surface area contributed by atoms with Crippen LogP contribution in [-0.2, 0) is 20.9 Å². The monoisotopic (exact) mass is 639 g/mol. The van der Waals surface area contributed by atoms with Gasteiger partial charge in [0.15, 0.2) is 9.34 Å². The number of carbonyl (C=O) groups excluding carboxylic acids is 1. The van der Waals surface area contributed by atoms with Crippen molar-refractivity contribution in [2.24, 2.45) is 0 Å². The average molecular weight is 640 g/mol. The summed E-state index contributed by atoms with van der Waals surface area (Å²) in [6.45, 7) is 5.55. The molecule has 43 heavy (non-hydrogen) atoms. The number of thiazole rings is 1. The summed E-state index contributed by atoms with van der Waals surface area (Å²) in [5.74, 6) is 0.467. The molecule has 1 aliphatic heterocycles. The van der Waals surface area contributed by atoms with Crippen LogP contribution in [0.4, 0.5) is 28.9 Å². The number of nitrogens with one attached hydrogen (secondary N) is 3. The van der Waals surface area contributed by atoms with Crippen molar-refractivity contribution in [1.82, 2.24) is 34.4 Å². The quantitative estimate of drug-likeness (QED) is 0.259. The van der Waals surface area contributed by atoms with E-state index in [1.54, 1.807) is 25.1 Å². The number of fused-ring (bicyclic) bond motifs is 1. The van der Waals surface area contributed by atoms with Crippen LogP contribution in [0.2, 0.25) is 0 Å². The molecule has 0 bridgehead atoms. The highest BCUT2D eigenvalue weighted by atomic mass is 32.2. The van der Waals surface area contributed by atoms with Gasteiger partial charge >= 0.3 is 12.3 Å². The molecule has 1 fully saturated rings. The van der Waals surface area contributed by atoms with Gasteiger partial charge in [0.25, 0.3) is 10.0 Å². The van der Waals surface area contributed by atoms with Crippen molar-refractivity contribution >= 4 is 49.3 Å². The SMILES string of the molecule is COC(=O)Nc1nc(C)c(S(=O)(=O)N2CCN(CC(C)Nc3ncnc4c(-c5cn[nH]c5C(F)(F)F)cccc34)CC2)s1. The van der Waals surface area contributed by atoms with E-state index in [4.69, 9.17) is 0 Å². The molecule has 18 heteroatoms. The number of hydrogen-bond donors (Lipinski definition) is 3. The minimum atomic E-state index is -4.61. The summed E-state index contributed by atoms with van der Waals surface area (Å²) in [6, 6.07) is 4.79. The first-order valence-electron chi connectivity index (χ1n) is 13.0. The van der Waals surface area contributed by atoms with Gasteiger partial charge in [0.1, 0.15) is 17.8 Å². The van der Waals surface area contributed by atoms with Gasteiger partial charge < -0.3 is 10.1 Å². The summed E-state index contributed by atoms with van der Waals surface area (Å²) in [7, 11) is -2.61. The largest absolute Gasteiger partial charge is 0.453 e. The highest BCUT2D eigenvalue weighted by molar-refractivity contribution is 7.91. The molecule has 3 aromatic heterocycles. The van der Waals surface area contributed by atoms with Crippen LogP contribution in [-0.4, -0.2) is 94.7 Å². The lowest BCUT2D eigenvalue weighted by Crippen LogP contribution is -2.50. The van der Waals surface area contributed by atoms with Crippen LogP contribution in [0.15, 0.2) is 34.9 Å². The topological polar surface area (TPSA) is 158 Å². The van der Waals surface area contributed by atoms with Gasteiger partial charge in [0.05, 0.1) is 24.5 Å². The van der Waals surface area contributed by atoms with Crippen LogP contribution in [0.3, 0.4) is 0 Å². The molecule has 1 unspecified atom stereocenters. The number of sulfonamides is 1. The van der Waals surface area contributed by atoms with E-state index >= 15 is 0 Å². The van der Waals surface area contributed by atoms with Gasteiger partial charge in [-0.2, -0.15) is 22.6 Å². The first-order valence-corrected chi connectivity index (χ1v) is 15.3. The van der Waals surface area contributed by atoms with Crippen LogP contribution >= 0.6 is 11.3 Å². The van der Waals surface area contributed by atoms with E-state index in [1.165, 1.54) is 17.7 Å². The predicted octanol–water partition coefficient (Wildman–Crippen LogP) is 3.79. The molecule has 1 amide bonds. The van der Waals surface area contributed by atoms with Crippen molar-refractivity contribution in [1.29, 1.82) is 0 Å². The minimum Gasteiger partial charge on any atom is -0.453 e. The van der Waals surface area contributed by atoms with E-state index in [2.05, 4.69) is 40.3 Å². The number of benzene rings is 1. The number of ether oxygens (including phenoxy) is 1. The number of halogens is 3. The molecule has 3 N–H and O–H groups in total. The van der Waals surface area contributed by atoms with Crippen molar-refractivity contribution in [2.75, 3.05) is 50.5 Å². The number of aryl methyl sites for hydroxylation is 1. The zero-order valence-electron chi connectivity index (χ0n) is 23.3. The molecule has 1 saturated heterocycles. The van der Waals surface area contributed by atoms with Crippen molar-refractivity contribution in [3.63, 3.8) is 0 Å². The number of aromatic nitrogens is 5. The van der Waals surface area contributed by atoms with Crippen LogP contribution in [0.1, 0.15) is 18.3 Å². The summed E-state index contributed by atoms with van der Waals surface area (Å²) in [6.07, 6.45) is -2.92. The molecule has 1 aliphatic rings. The van der Waals surface area contributed by atoms with Gasteiger partial charge in [-0.05, 0) is 19.9 Å². The lowest BCUT2D eigenvalue weighted by Gasteiger charge is -2.35. The zero-order chi connectivity index (χ0) is 30.9. The second-order valence-electron chi connectivity index (χ2n) is 9.84. The third-order valence-electron chi connectivity index (χ3n) is 6.85. The fourth-order valence-electron chi connectivity index (χ4n) is 4.88. The molecule has 230 valence electrons. The Bertz CT molecular complexity index is 1740.